The summed E-state index contributed by atoms with van der Waals surface area (Å²) in [6, 6.07) is 20.2. The molecule has 3 aromatic rings. The molecule has 0 spiro atoms. The number of amides is 1. The van der Waals surface area contributed by atoms with Crippen molar-refractivity contribution in [2.24, 2.45) is 5.92 Å². The normalized spacial score (nSPS) is 18.9. The quantitative estimate of drug-likeness (QED) is 0.569. The van der Waals surface area contributed by atoms with Gasteiger partial charge in [-0.05, 0) is 42.3 Å². The number of aromatic nitrogens is 1. The fraction of sp³-hybridized carbons (Fsp3) is 0.357. The number of hydrogen-bond donors (Lipinski definition) is 1. The summed E-state index contributed by atoms with van der Waals surface area (Å²) >= 11 is 0. The van der Waals surface area contributed by atoms with Crippen molar-refractivity contribution in [3.63, 3.8) is 0 Å². The second-order valence-electron chi connectivity index (χ2n) is 9.05. The molecule has 0 radical (unpaired) electrons. The molecule has 182 valence electrons. The molecule has 7 nitrogen and oxygen atoms in total. The molecule has 2 aliphatic rings. The molecule has 0 unspecified atom stereocenters. The van der Waals surface area contributed by atoms with Crippen LogP contribution in [0.15, 0.2) is 66.9 Å². The smallest absolute Gasteiger partial charge is 0.225 e. The fourth-order valence-corrected chi connectivity index (χ4v) is 5.31. The van der Waals surface area contributed by atoms with Gasteiger partial charge in [0.25, 0.3) is 0 Å². The first-order valence-corrected chi connectivity index (χ1v) is 12.2. The van der Waals surface area contributed by atoms with Crippen LogP contribution < -0.4 is 24.6 Å². The topological polar surface area (TPSA) is 66.9 Å². The first kappa shape index (κ1) is 23.0. The zero-order chi connectivity index (χ0) is 24.2. The van der Waals surface area contributed by atoms with Crippen molar-refractivity contribution in [1.29, 1.82) is 0 Å². The van der Waals surface area contributed by atoms with E-state index >= 15 is 0 Å². The summed E-state index contributed by atoms with van der Waals surface area (Å²) in [6.07, 6.45) is 3.21. The highest BCUT2D eigenvalue weighted by atomic mass is 16.5. The van der Waals surface area contributed by atoms with Crippen LogP contribution in [-0.2, 0) is 17.6 Å². The zero-order valence-electron chi connectivity index (χ0n) is 20.3. The van der Waals surface area contributed by atoms with Crippen LogP contribution in [-0.4, -0.2) is 57.3 Å². The van der Waals surface area contributed by atoms with E-state index in [2.05, 4.69) is 38.3 Å². The maximum atomic E-state index is 13.5. The van der Waals surface area contributed by atoms with E-state index in [1.54, 1.807) is 20.4 Å². The lowest BCUT2D eigenvalue weighted by Gasteiger charge is -2.49. The number of nitrogens with zero attached hydrogens (tertiary/aromatic N) is 3. The molecular formula is C28H32N4O3. The first-order chi connectivity index (χ1) is 17.2. The largest absolute Gasteiger partial charge is 0.497 e. The Hall–Kier alpha value is -3.74. The molecule has 1 N–H and O–H groups in total. The maximum Gasteiger partial charge on any atom is 0.225 e. The number of fused-ring (bicyclic) bond motifs is 3. The lowest BCUT2D eigenvalue weighted by molar-refractivity contribution is -0.125. The Balaban J connectivity index is 1.39. The van der Waals surface area contributed by atoms with Crippen molar-refractivity contribution in [1.82, 2.24) is 10.3 Å². The molecule has 0 saturated carbocycles. The summed E-state index contributed by atoms with van der Waals surface area (Å²) in [5.74, 6) is 1.64. The van der Waals surface area contributed by atoms with E-state index < -0.39 is 0 Å². The van der Waals surface area contributed by atoms with E-state index in [9.17, 15) is 4.79 Å². The average Bonchev–Trinajstić information content (AvgIpc) is 2.92. The number of carbonyl (C=O) groups is 1. The van der Waals surface area contributed by atoms with Crippen molar-refractivity contribution < 1.29 is 14.3 Å². The van der Waals surface area contributed by atoms with Gasteiger partial charge in [-0.1, -0.05) is 24.3 Å². The van der Waals surface area contributed by atoms with Gasteiger partial charge in [0, 0.05) is 56.2 Å². The summed E-state index contributed by atoms with van der Waals surface area (Å²) < 4.78 is 11.1. The molecule has 2 atom stereocenters. The number of nitrogens with one attached hydrogen (secondary N) is 1. The van der Waals surface area contributed by atoms with Crippen LogP contribution in [0.3, 0.4) is 0 Å². The molecule has 1 amide bonds. The molecular weight excluding hydrogens is 440 g/mol. The van der Waals surface area contributed by atoms with Gasteiger partial charge in [0.05, 0.1) is 31.9 Å². The maximum absolute atomic E-state index is 13.5. The van der Waals surface area contributed by atoms with Gasteiger partial charge < -0.3 is 24.6 Å². The van der Waals surface area contributed by atoms with Gasteiger partial charge in [-0.15, -0.1) is 0 Å². The van der Waals surface area contributed by atoms with Crippen LogP contribution >= 0.6 is 0 Å². The summed E-state index contributed by atoms with van der Waals surface area (Å²) in [5.41, 5.74) is 4.42. The summed E-state index contributed by atoms with van der Waals surface area (Å²) in [6.45, 7) is 2.99. The van der Waals surface area contributed by atoms with Crippen molar-refractivity contribution in [2.75, 3.05) is 50.2 Å². The molecule has 2 aromatic carbocycles. The number of rotatable bonds is 7. The number of carbonyl (C=O) groups excluding carboxylic acids is 1. The molecule has 1 saturated heterocycles. The van der Waals surface area contributed by atoms with Gasteiger partial charge in [-0.3, -0.25) is 9.78 Å². The Morgan fingerprint density at radius 1 is 1.03 bits per heavy atom. The molecule has 2 aliphatic heterocycles. The van der Waals surface area contributed by atoms with Crippen molar-refractivity contribution in [3.8, 4) is 11.5 Å². The van der Waals surface area contributed by atoms with Gasteiger partial charge in [0.2, 0.25) is 5.91 Å². The minimum atomic E-state index is -0.155. The van der Waals surface area contributed by atoms with Gasteiger partial charge >= 0.3 is 0 Å². The van der Waals surface area contributed by atoms with Crippen molar-refractivity contribution in [3.05, 3.63) is 78.1 Å². The number of benzene rings is 2. The lowest BCUT2D eigenvalue weighted by Crippen LogP contribution is -2.61. The predicted octanol–water partition coefficient (Wildman–Crippen LogP) is 3.33. The molecule has 7 heteroatoms. The van der Waals surface area contributed by atoms with Crippen LogP contribution in [0.5, 0.6) is 11.5 Å². The summed E-state index contributed by atoms with van der Waals surface area (Å²) in [7, 11) is 3.40. The lowest BCUT2D eigenvalue weighted by atomic mass is 9.83. The van der Waals surface area contributed by atoms with Crippen LogP contribution in [0.25, 0.3) is 0 Å². The van der Waals surface area contributed by atoms with E-state index in [1.807, 2.05) is 42.5 Å². The third kappa shape index (κ3) is 4.76. The minimum Gasteiger partial charge on any atom is -0.497 e. The Labute approximate surface area is 206 Å². The van der Waals surface area contributed by atoms with Gasteiger partial charge in [0.15, 0.2) is 0 Å². The average molecular weight is 473 g/mol. The van der Waals surface area contributed by atoms with E-state index in [0.717, 1.165) is 48.9 Å². The minimum absolute atomic E-state index is 0.0446. The third-order valence-corrected chi connectivity index (χ3v) is 7.09. The second kappa shape index (κ2) is 10.3. The Bertz CT molecular complexity index is 1170. The fourth-order valence-electron chi connectivity index (χ4n) is 5.31. The van der Waals surface area contributed by atoms with E-state index in [4.69, 9.17) is 9.47 Å². The second-order valence-corrected chi connectivity index (χ2v) is 9.05. The SMILES string of the molecule is COc1ccc2c(c1)N1CCN(c3ccccc3OC)C[C@@H]1[C@@H](C(=O)NCCc1ccccn1)C2. The van der Waals surface area contributed by atoms with Gasteiger partial charge in [-0.2, -0.15) is 0 Å². The van der Waals surface area contributed by atoms with E-state index in [-0.39, 0.29) is 17.9 Å². The molecule has 5 rings (SSSR count). The monoisotopic (exact) mass is 472 g/mol. The van der Waals surface area contributed by atoms with Gasteiger partial charge in [-0.25, -0.2) is 0 Å². The van der Waals surface area contributed by atoms with Crippen molar-refractivity contribution in [2.45, 2.75) is 18.9 Å². The van der Waals surface area contributed by atoms with Crippen molar-refractivity contribution >= 4 is 17.3 Å². The first-order valence-electron chi connectivity index (χ1n) is 12.2. The highest BCUT2D eigenvalue weighted by molar-refractivity contribution is 5.82. The number of ether oxygens (including phenoxy) is 2. The number of anilines is 2. The molecule has 3 heterocycles. The molecule has 1 aromatic heterocycles. The van der Waals surface area contributed by atoms with Crippen LogP contribution in [0, 0.1) is 5.92 Å². The molecule has 35 heavy (non-hydrogen) atoms. The molecule has 0 aliphatic carbocycles. The Morgan fingerprint density at radius 2 is 1.89 bits per heavy atom. The highest BCUT2D eigenvalue weighted by Gasteiger charge is 2.42. The highest BCUT2D eigenvalue weighted by Crippen LogP contribution is 2.40. The molecule has 0 bridgehead atoms. The standard InChI is InChI=1S/C28H32N4O3/c1-34-22-11-10-20-17-23(28(33)30-14-12-21-7-5-6-13-29-21)26-19-31(15-16-32(26)25(20)18-22)24-8-3-4-9-27(24)35-2/h3-11,13,18,23,26H,12,14-17,19H2,1-2H3,(H,30,33)/t23-,26+/m0/s1. The Morgan fingerprint density at radius 3 is 2.69 bits per heavy atom. The summed E-state index contributed by atoms with van der Waals surface area (Å²) in [5, 5.41) is 3.19. The number of pyridine rings is 1. The number of methoxy groups -OCH3 is 2. The van der Waals surface area contributed by atoms with Gasteiger partial charge in [0.1, 0.15) is 11.5 Å². The zero-order valence-corrected chi connectivity index (χ0v) is 20.3. The molecule has 1 fully saturated rings. The number of piperazine rings is 1. The van der Waals surface area contributed by atoms with E-state index in [0.29, 0.717) is 13.0 Å². The van der Waals surface area contributed by atoms with E-state index in [1.165, 1.54) is 11.3 Å². The predicted molar refractivity (Wildman–Crippen MR) is 137 cm³/mol. The van der Waals surface area contributed by atoms with Crippen LogP contribution in [0.1, 0.15) is 11.3 Å². The summed E-state index contributed by atoms with van der Waals surface area (Å²) in [4.78, 5) is 22.6. The third-order valence-electron chi connectivity index (χ3n) is 7.09. The number of para-hydroxylation sites is 2. The van der Waals surface area contributed by atoms with Crippen LogP contribution in [0.4, 0.5) is 11.4 Å². The Kier molecular flexibility index (Phi) is 6.75. The van der Waals surface area contributed by atoms with Crippen LogP contribution in [0.2, 0.25) is 0 Å². The number of hydrogen-bond acceptors (Lipinski definition) is 6.